The second-order valence-corrected chi connectivity index (χ2v) is 21.4. The number of carbonyl (C=O) groups excluding carboxylic acids is 6. The Morgan fingerprint density at radius 3 is 1.48 bits per heavy atom. The molecule has 0 spiro atoms. The van der Waals surface area contributed by atoms with Crippen LogP contribution in [-0.4, -0.2) is 96.1 Å². The highest BCUT2D eigenvalue weighted by atomic mass is 16.5. The first kappa shape index (κ1) is 46.3. The molecule has 0 aromatic heterocycles. The van der Waals surface area contributed by atoms with Crippen molar-refractivity contribution in [1.82, 2.24) is 9.80 Å². The van der Waals surface area contributed by atoms with E-state index in [1.807, 2.05) is 9.80 Å². The fourth-order valence-corrected chi connectivity index (χ4v) is 14.9. The van der Waals surface area contributed by atoms with Gasteiger partial charge in [0.2, 0.25) is 11.8 Å². The lowest BCUT2D eigenvalue weighted by atomic mass is 9.69. The maximum atomic E-state index is 13.2. The third-order valence-electron chi connectivity index (χ3n) is 17.8. The number of amides is 2. The number of rotatable bonds is 19. The highest BCUT2D eigenvalue weighted by molar-refractivity contribution is 5.81. The van der Waals surface area contributed by atoms with Crippen molar-refractivity contribution in [1.29, 1.82) is 0 Å². The lowest BCUT2D eigenvalue weighted by Crippen LogP contribution is -2.57. The standard InChI is InChI=1S/C50H74N2O10/c1-8-45(55)59-26-32-18-39-34-22-36(41(24-34)43(39)20-32)28-61-47(57)12-16-51(30(3)53)49(5,6)38-10-14-50(7,15-11-38)52(31(4)54)17-13-48(58)62-29-37-23-35-25-42(37)44-21-33(19-40(35)44)27-60-46(56)9-2/h8-9,32-44H,1-2,10-29H2,3-7H3. The van der Waals surface area contributed by atoms with E-state index in [1.54, 1.807) is 13.8 Å². The van der Waals surface area contributed by atoms with Gasteiger partial charge in [0.15, 0.2) is 0 Å². The van der Waals surface area contributed by atoms with Gasteiger partial charge in [0.25, 0.3) is 0 Å². The summed E-state index contributed by atoms with van der Waals surface area (Å²) in [6, 6.07) is 0. The molecule has 0 saturated heterocycles. The molecule has 344 valence electrons. The average molecular weight is 863 g/mol. The predicted octanol–water partition coefficient (Wildman–Crippen LogP) is 7.33. The van der Waals surface area contributed by atoms with E-state index in [4.69, 9.17) is 18.9 Å². The van der Waals surface area contributed by atoms with Crippen LogP contribution in [0.25, 0.3) is 0 Å². The fourth-order valence-electron chi connectivity index (χ4n) is 14.9. The van der Waals surface area contributed by atoms with Crippen LogP contribution in [0, 0.1) is 76.9 Å². The maximum absolute atomic E-state index is 13.2. The Hall–Kier alpha value is -3.70. The van der Waals surface area contributed by atoms with E-state index in [9.17, 15) is 28.8 Å². The van der Waals surface area contributed by atoms with Crippen LogP contribution in [0.2, 0.25) is 0 Å². The quantitative estimate of drug-likeness (QED) is 0.0735. The monoisotopic (exact) mass is 863 g/mol. The zero-order valence-electron chi connectivity index (χ0n) is 38.2. The molecular weight excluding hydrogens is 789 g/mol. The van der Waals surface area contributed by atoms with Gasteiger partial charge < -0.3 is 28.7 Å². The Balaban J connectivity index is 0.823. The summed E-state index contributed by atoms with van der Waals surface area (Å²) in [6.07, 6.45) is 14.8. The van der Waals surface area contributed by atoms with Crippen molar-refractivity contribution >= 4 is 35.7 Å². The molecule has 7 aliphatic rings. The van der Waals surface area contributed by atoms with Crippen molar-refractivity contribution in [2.24, 2.45) is 76.9 Å². The lowest BCUT2D eigenvalue weighted by molar-refractivity contribution is -0.148. The zero-order chi connectivity index (χ0) is 44.5. The molecule has 12 atom stereocenters. The predicted molar refractivity (Wildman–Crippen MR) is 231 cm³/mol. The van der Waals surface area contributed by atoms with E-state index in [0.29, 0.717) is 111 Å². The number of hydrogen-bond acceptors (Lipinski definition) is 10. The minimum atomic E-state index is -0.506. The van der Waals surface area contributed by atoms with Crippen molar-refractivity contribution in [3.05, 3.63) is 25.3 Å². The van der Waals surface area contributed by atoms with Crippen LogP contribution in [0.3, 0.4) is 0 Å². The summed E-state index contributed by atoms with van der Waals surface area (Å²) in [5.74, 6) is 5.31. The van der Waals surface area contributed by atoms with Gasteiger partial charge in [-0.2, -0.15) is 0 Å². The van der Waals surface area contributed by atoms with Gasteiger partial charge in [-0.05, 0) is 175 Å². The number of esters is 4. The number of fused-ring (bicyclic) bond motifs is 10. The molecule has 0 heterocycles. The summed E-state index contributed by atoms with van der Waals surface area (Å²) < 4.78 is 22.5. The summed E-state index contributed by atoms with van der Waals surface area (Å²) in [4.78, 5) is 79.4. The van der Waals surface area contributed by atoms with Gasteiger partial charge in [-0.15, -0.1) is 0 Å². The molecule has 12 heteroatoms. The molecule has 62 heavy (non-hydrogen) atoms. The Kier molecular flexibility index (Phi) is 14.3. The fraction of sp³-hybridized carbons (Fsp3) is 0.800. The molecule has 12 unspecified atom stereocenters. The lowest BCUT2D eigenvalue weighted by Gasteiger charge is -2.51. The summed E-state index contributed by atoms with van der Waals surface area (Å²) in [6.45, 7) is 18.8. The zero-order valence-corrected chi connectivity index (χ0v) is 38.2. The van der Waals surface area contributed by atoms with E-state index >= 15 is 0 Å². The van der Waals surface area contributed by atoms with Crippen molar-refractivity contribution in [2.45, 2.75) is 136 Å². The van der Waals surface area contributed by atoms with E-state index in [2.05, 4.69) is 33.9 Å². The Morgan fingerprint density at radius 1 is 0.597 bits per heavy atom. The molecule has 0 aromatic rings. The van der Waals surface area contributed by atoms with Crippen LogP contribution in [0.15, 0.2) is 25.3 Å². The Morgan fingerprint density at radius 2 is 1.05 bits per heavy atom. The molecule has 0 aliphatic heterocycles. The number of carbonyl (C=O) groups is 6. The molecule has 4 bridgehead atoms. The average Bonchev–Trinajstić information content (AvgIpc) is 4.09. The van der Waals surface area contributed by atoms with Crippen molar-refractivity contribution in [3.63, 3.8) is 0 Å². The maximum Gasteiger partial charge on any atom is 0.330 e. The number of ether oxygens (including phenoxy) is 4. The largest absolute Gasteiger partial charge is 0.465 e. The molecule has 0 radical (unpaired) electrons. The van der Waals surface area contributed by atoms with Gasteiger partial charge in [0, 0.05) is 50.2 Å². The van der Waals surface area contributed by atoms with Crippen LogP contribution in [-0.2, 0) is 47.7 Å². The van der Waals surface area contributed by atoms with Crippen LogP contribution >= 0.6 is 0 Å². The second kappa shape index (κ2) is 19.2. The molecule has 7 saturated carbocycles. The summed E-state index contributed by atoms with van der Waals surface area (Å²) >= 11 is 0. The molecule has 0 N–H and O–H groups in total. The normalized spacial score (nSPS) is 36.3. The summed E-state index contributed by atoms with van der Waals surface area (Å²) in [7, 11) is 0. The highest BCUT2D eigenvalue weighted by Gasteiger charge is 2.57. The first-order chi connectivity index (χ1) is 29.5. The van der Waals surface area contributed by atoms with Gasteiger partial charge >= 0.3 is 23.9 Å². The van der Waals surface area contributed by atoms with E-state index < -0.39 is 11.1 Å². The third-order valence-corrected chi connectivity index (χ3v) is 17.8. The molecule has 2 amide bonds. The van der Waals surface area contributed by atoms with E-state index in [0.717, 1.165) is 64.2 Å². The Bertz CT molecular complexity index is 1720. The summed E-state index contributed by atoms with van der Waals surface area (Å²) in [5, 5.41) is 0. The van der Waals surface area contributed by atoms with Gasteiger partial charge in [-0.1, -0.05) is 13.2 Å². The van der Waals surface area contributed by atoms with Gasteiger partial charge in [0.1, 0.15) is 0 Å². The van der Waals surface area contributed by atoms with Gasteiger partial charge in [-0.3, -0.25) is 19.2 Å². The third kappa shape index (κ3) is 9.84. The van der Waals surface area contributed by atoms with Crippen molar-refractivity contribution in [3.8, 4) is 0 Å². The second-order valence-electron chi connectivity index (χ2n) is 21.4. The smallest absolute Gasteiger partial charge is 0.330 e. The first-order valence-corrected chi connectivity index (χ1v) is 24.0. The van der Waals surface area contributed by atoms with Crippen LogP contribution in [0.5, 0.6) is 0 Å². The molecular formula is C50H74N2O10. The molecule has 7 aliphatic carbocycles. The first-order valence-electron chi connectivity index (χ1n) is 24.0. The van der Waals surface area contributed by atoms with Gasteiger partial charge in [-0.25, -0.2) is 9.59 Å². The SMILES string of the molecule is C=CC(=O)OCC1CC2C3CC(COC(=O)CCN(C(C)=O)C4(C)CCC(C(C)(C)N(CCC(=O)OCC5CC6CC5C5CC(COC(=O)C=C)CC65)C(C)=O)CC4)C(C3)C2C1. The summed E-state index contributed by atoms with van der Waals surface area (Å²) in [5.41, 5.74) is -0.923. The van der Waals surface area contributed by atoms with Crippen LogP contribution in [0.4, 0.5) is 0 Å². The Labute approximate surface area is 369 Å². The van der Waals surface area contributed by atoms with Crippen LogP contribution < -0.4 is 0 Å². The van der Waals surface area contributed by atoms with E-state index in [1.165, 1.54) is 25.0 Å². The molecule has 12 nitrogen and oxygen atoms in total. The molecule has 7 fully saturated rings. The molecule has 0 aromatic carbocycles. The number of hydrogen-bond donors (Lipinski definition) is 0. The molecule has 7 rings (SSSR count). The van der Waals surface area contributed by atoms with Crippen LogP contribution in [0.1, 0.15) is 125 Å². The highest BCUT2D eigenvalue weighted by Crippen LogP contribution is 2.63. The number of nitrogens with zero attached hydrogens (tertiary/aromatic N) is 2. The van der Waals surface area contributed by atoms with E-state index in [-0.39, 0.29) is 54.5 Å². The minimum absolute atomic E-state index is 0.0557. The van der Waals surface area contributed by atoms with Gasteiger partial charge in [0.05, 0.1) is 39.3 Å². The van der Waals surface area contributed by atoms with Crippen molar-refractivity contribution in [2.75, 3.05) is 39.5 Å². The minimum Gasteiger partial charge on any atom is -0.465 e. The van der Waals surface area contributed by atoms with Crippen molar-refractivity contribution < 1.29 is 47.7 Å². The topological polar surface area (TPSA) is 146 Å².